The Hall–Kier alpha value is -2.67. The lowest BCUT2D eigenvalue weighted by Gasteiger charge is -2.47. The topological polar surface area (TPSA) is 67.7 Å². The SMILES string of the molecule is CCn1cc(C(=O)N2CCC3(CC2)CN(c2ccccc2)C(=O)CO3)c(C)n1. The molecular formula is C21H26N4O3. The summed E-state index contributed by atoms with van der Waals surface area (Å²) in [6, 6.07) is 9.71. The Morgan fingerprint density at radius 3 is 2.57 bits per heavy atom. The second-order valence-electron chi connectivity index (χ2n) is 7.56. The Bertz CT molecular complexity index is 869. The van der Waals surface area contributed by atoms with Gasteiger partial charge in [0.25, 0.3) is 11.8 Å². The zero-order valence-electron chi connectivity index (χ0n) is 16.4. The number of nitrogens with zero attached hydrogens (tertiary/aromatic N) is 4. The molecule has 0 radical (unpaired) electrons. The molecule has 2 aromatic rings. The average Bonchev–Trinajstić information content (AvgIpc) is 3.11. The molecule has 1 spiro atoms. The predicted octanol–water partition coefficient (Wildman–Crippen LogP) is 2.25. The van der Waals surface area contributed by atoms with Crippen molar-refractivity contribution in [1.82, 2.24) is 14.7 Å². The molecule has 28 heavy (non-hydrogen) atoms. The monoisotopic (exact) mass is 382 g/mol. The van der Waals surface area contributed by atoms with E-state index in [1.54, 1.807) is 4.68 Å². The summed E-state index contributed by atoms with van der Waals surface area (Å²) in [5, 5.41) is 4.38. The second kappa shape index (κ2) is 7.39. The van der Waals surface area contributed by atoms with Crippen LogP contribution in [0, 0.1) is 6.92 Å². The quantitative estimate of drug-likeness (QED) is 0.817. The molecule has 3 heterocycles. The molecule has 1 aromatic carbocycles. The van der Waals surface area contributed by atoms with Crippen LogP contribution in [0.4, 0.5) is 5.69 Å². The van der Waals surface area contributed by atoms with Crippen molar-refractivity contribution in [3.8, 4) is 0 Å². The number of aryl methyl sites for hydroxylation is 2. The zero-order chi connectivity index (χ0) is 19.7. The first kappa shape index (κ1) is 18.7. The van der Waals surface area contributed by atoms with E-state index in [1.165, 1.54) is 0 Å². The maximum atomic E-state index is 12.9. The molecule has 2 aliphatic rings. The van der Waals surface area contributed by atoms with Gasteiger partial charge in [0.05, 0.1) is 23.4 Å². The molecular weight excluding hydrogens is 356 g/mol. The third kappa shape index (κ3) is 3.42. The summed E-state index contributed by atoms with van der Waals surface area (Å²) in [5.74, 6) is 0.0109. The Labute approximate surface area is 164 Å². The van der Waals surface area contributed by atoms with Gasteiger partial charge in [0, 0.05) is 31.5 Å². The fourth-order valence-electron chi connectivity index (χ4n) is 4.04. The van der Waals surface area contributed by atoms with Gasteiger partial charge in [0.1, 0.15) is 6.61 Å². The zero-order valence-corrected chi connectivity index (χ0v) is 16.4. The van der Waals surface area contributed by atoms with Crippen LogP contribution in [-0.4, -0.2) is 58.3 Å². The number of piperidine rings is 1. The van der Waals surface area contributed by atoms with Crippen LogP contribution in [0.5, 0.6) is 0 Å². The molecule has 2 fully saturated rings. The lowest BCUT2D eigenvalue weighted by atomic mass is 9.88. The minimum Gasteiger partial charge on any atom is -0.363 e. The van der Waals surface area contributed by atoms with E-state index in [4.69, 9.17) is 4.74 Å². The number of carbonyl (C=O) groups is 2. The number of amides is 2. The summed E-state index contributed by atoms with van der Waals surface area (Å²) in [5.41, 5.74) is 1.95. The van der Waals surface area contributed by atoms with Crippen molar-refractivity contribution in [1.29, 1.82) is 0 Å². The van der Waals surface area contributed by atoms with Crippen molar-refractivity contribution in [3.05, 3.63) is 47.8 Å². The van der Waals surface area contributed by atoms with Gasteiger partial charge in [0.15, 0.2) is 0 Å². The summed E-state index contributed by atoms with van der Waals surface area (Å²) in [7, 11) is 0. The molecule has 148 valence electrons. The first-order chi connectivity index (χ1) is 13.5. The van der Waals surface area contributed by atoms with Crippen LogP contribution >= 0.6 is 0 Å². The summed E-state index contributed by atoms with van der Waals surface area (Å²) >= 11 is 0. The van der Waals surface area contributed by atoms with Gasteiger partial charge >= 0.3 is 0 Å². The van der Waals surface area contributed by atoms with E-state index in [1.807, 2.05) is 60.2 Å². The number of hydrogen-bond donors (Lipinski definition) is 0. The minimum absolute atomic E-state index is 0.0158. The second-order valence-corrected chi connectivity index (χ2v) is 7.56. The van der Waals surface area contributed by atoms with Crippen molar-refractivity contribution in [2.45, 2.75) is 38.8 Å². The number of para-hydroxylation sites is 1. The number of likely N-dealkylation sites (tertiary alicyclic amines) is 1. The molecule has 0 atom stereocenters. The molecule has 7 nitrogen and oxygen atoms in total. The van der Waals surface area contributed by atoms with E-state index >= 15 is 0 Å². The molecule has 0 bridgehead atoms. The number of hydrogen-bond acceptors (Lipinski definition) is 4. The maximum Gasteiger partial charge on any atom is 0.257 e. The molecule has 0 aliphatic carbocycles. The third-order valence-electron chi connectivity index (χ3n) is 5.78. The highest BCUT2D eigenvalue weighted by molar-refractivity contribution is 5.96. The van der Waals surface area contributed by atoms with Crippen LogP contribution in [0.3, 0.4) is 0 Å². The highest BCUT2D eigenvalue weighted by Crippen LogP contribution is 2.33. The smallest absolute Gasteiger partial charge is 0.257 e. The van der Waals surface area contributed by atoms with E-state index in [0.717, 1.165) is 30.8 Å². The number of anilines is 1. The minimum atomic E-state index is -0.386. The van der Waals surface area contributed by atoms with Gasteiger partial charge in [-0.25, -0.2) is 0 Å². The number of rotatable bonds is 3. The molecule has 0 unspecified atom stereocenters. The molecule has 2 amide bonds. The van der Waals surface area contributed by atoms with Crippen LogP contribution < -0.4 is 4.90 Å². The van der Waals surface area contributed by atoms with Crippen molar-refractivity contribution in [2.75, 3.05) is 31.1 Å². The van der Waals surface area contributed by atoms with E-state index in [-0.39, 0.29) is 24.0 Å². The van der Waals surface area contributed by atoms with Gasteiger partial charge in [0.2, 0.25) is 0 Å². The van der Waals surface area contributed by atoms with E-state index in [0.29, 0.717) is 25.2 Å². The van der Waals surface area contributed by atoms with Gasteiger partial charge in [-0.05, 0) is 38.8 Å². The van der Waals surface area contributed by atoms with E-state index in [2.05, 4.69) is 5.10 Å². The van der Waals surface area contributed by atoms with Crippen LogP contribution in [0.1, 0.15) is 35.8 Å². The van der Waals surface area contributed by atoms with Crippen molar-refractivity contribution in [2.24, 2.45) is 0 Å². The predicted molar refractivity (Wildman–Crippen MR) is 105 cm³/mol. The molecule has 2 saturated heterocycles. The van der Waals surface area contributed by atoms with Crippen LogP contribution in [0.25, 0.3) is 0 Å². The highest BCUT2D eigenvalue weighted by Gasteiger charge is 2.43. The van der Waals surface area contributed by atoms with E-state index in [9.17, 15) is 9.59 Å². The Balaban J connectivity index is 1.45. The van der Waals surface area contributed by atoms with Crippen LogP contribution in [0.15, 0.2) is 36.5 Å². The van der Waals surface area contributed by atoms with Gasteiger partial charge in [-0.15, -0.1) is 0 Å². The van der Waals surface area contributed by atoms with Crippen LogP contribution in [0.2, 0.25) is 0 Å². The normalized spacial score (nSPS) is 19.3. The Morgan fingerprint density at radius 2 is 1.93 bits per heavy atom. The largest absolute Gasteiger partial charge is 0.363 e. The summed E-state index contributed by atoms with van der Waals surface area (Å²) < 4.78 is 7.80. The fourth-order valence-corrected chi connectivity index (χ4v) is 4.04. The number of benzene rings is 1. The number of ether oxygens (including phenoxy) is 1. The molecule has 0 N–H and O–H groups in total. The molecule has 2 aliphatic heterocycles. The van der Waals surface area contributed by atoms with Crippen molar-refractivity contribution >= 4 is 17.5 Å². The fraction of sp³-hybridized carbons (Fsp3) is 0.476. The van der Waals surface area contributed by atoms with Gasteiger partial charge in [-0.1, -0.05) is 18.2 Å². The Morgan fingerprint density at radius 1 is 1.21 bits per heavy atom. The Kier molecular flexibility index (Phi) is 4.93. The lowest BCUT2D eigenvalue weighted by molar-refractivity contribution is -0.143. The summed E-state index contributed by atoms with van der Waals surface area (Å²) in [4.78, 5) is 29.0. The third-order valence-corrected chi connectivity index (χ3v) is 5.78. The summed E-state index contributed by atoms with van der Waals surface area (Å²) in [6.07, 6.45) is 3.27. The number of aromatic nitrogens is 2. The van der Waals surface area contributed by atoms with E-state index < -0.39 is 0 Å². The first-order valence-corrected chi connectivity index (χ1v) is 9.84. The van der Waals surface area contributed by atoms with Crippen molar-refractivity contribution in [3.63, 3.8) is 0 Å². The van der Waals surface area contributed by atoms with Gasteiger partial charge < -0.3 is 14.5 Å². The molecule has 4 rings (SSSR count). The standard InChI is InChI=1S/C21H26N4O3/c1-3-24-13-18(16(2)22-24)20(27)23-11-9-21(10-12-23)15-25(19(26)14-28-21)17-7-5-4-6-8-17/h4-8,13H,3,9-12,14-15H2,1-2H3. The molecule has 0 saturated carbocycles. The van der Waals surface area contributed by atoms with Gasteiger partial charge in [-0.3, -0.25) is 14.3 Å². The van der Waals surface area contributed by atoms with Crippen LogP contribution in [-0.2, 0) is 16.1 Å². The number of morpholine rings is 1. The van der Waals surface area contributed by atoms with Gasteiger partial charge in [-0.2, -0.15) is 5.10 Å². The maximum absolute atomic E-state index is 12.9. The number of carbonyl (C=O) groups excluding carboxylic acids is 2. The average molecular weight is 382 g/mol. The first-order valence-electron chi connectivity index (χ1n) is 9.84. The lowest BCUT2D eigenvalue weighted by Crippen LogP contribution is -2.59. The highest BCUT2D eigenvalue weighted by atomic mass is 16.5. The summed E-state index contributed by atoms with van der Waals surface area (Å²) in [6.45, 7) is 6.48. The molecule has 7 heteroatoms. The molecule has 1 aromatic heterocycles. The van der Waals surface area contributed by atoms with Crippen molar-refractivity contribution < 1.29 is 14.3 Å².